The van der Waals surface area contributed by atoms with Crippen LogP contribution in [0, 0.1) is 17.0 Å². The normalized spacial score (nSPS) is 10.7. The van der Waals surface area contributed by atoms with Crippen molar-refractivity contribution < 1.29 is 4.92 Å². The first-order chi connectivity index (χ1) is 8.58. The van der Waals surface area contributed by atoms with Gasteiger partial charge in [-0.25, -0.2) is 14.6 Å². The molecule has 0 bridgehead atoms. The van der Waals surface area contributed by atoms with E-state index in [1.807, 2.05) is 0 Å². The van der Waals surface area contributed by atoms with Crippen molar-refractivity contribution in [3.05, 3.63) is 22.1 Å². The number of thioether (sulfide) groups is 1. The van der Waals surface area contributed by atoms with E-state index in [0.717, 1.165) is 0 Å². The highest BCUT2D eigenvalue weighted by Gasteiger charge is 2.17. The van der Waals surface area contributed by atoms with Gasteiger partial charge in [0.25, 0.3) is 0 Å². The van der Waals surface area contributed by atoms with Crippen LogP contribution in [0.5, 0.6) is 0 Å². The Morgan fingerprint density at radius 2 is 2.44 bits per heavy atom. The molecule has 10 heteroatoms. The van der Waals surface area contributed by atoms with Crippen LogP contribution in [0.2, 0.25) is 0 Å². The summed E-state index contributed by atoms with van der Waals surface area (Å²) in [5, 5.41) is 17.7. The largest absolute Gasteiger partial charge is 0.368 e. The van der Waals surface area contributed by atoms with Crippen LogP contribution in [0.25, 0.3) is 0 Å². The van der Waals surface area contributed by atoms with Gasteiger partial charge in [-0.1, -0.05) is 11.8 Å². The molecule has 96 valence electrons. The van der Waals surface area contributed by atoms with E-state index in [2.05, 4.69) is 20.2 Å². The van der Waals surface area contributed by atoms with Gasteiger partial charge >= 0.3 is 5.82 Å². The smallest absolute Gasteiger partial charge is 0.342 e. The molecule has 0 atom stereocenters. The standard InChI is InChI=1S/C8H11N7O2S/c1-5-10-4-6(15(16)17)14(5)2-3-18-8-11-7(9)12-13-8/h4H,2-3H2,1H3,(H3,9,11,12,13). The molecule has 0 fully saturated rings. The number of nitrogen functional groups attached to an aromatic ring is 1. The molecule has 9 nitrogen and oxygen atoms in total. The number of nitrogens with zero attached hydrogens (tertiary/aromatic N) is 5. The molecule has 0 saturated heterocycles. The number of aromatic nitrogens is 5. The molecule has 0 unspecified atom stereocenters. The number of aryl methyl sites for hydroxylation is 1. The maximum Gasteiger partial charge on any atom is 0.342 e. The fourth-order valence-corrected chi connectivity index (χ4v) is 2.16. The molecule has 0 aliphatic heterocycles. The maximum atomic E-state index is 10.8. The minimum absolute atomic E-state index is 0.0115. The van der Waals surface area contributed by atoms with Crippen molar-refractivity contribution in [2.75, 3.05) is 11.5 Å². The van der Waals surface area contributed by atoms with Crippen LogP contribution >= 0.6 is 11.8 Å². The summed E-state index contributed by atoms with van der Waals surface area (Å²) in [6.07, 6.45) is 1.25. The van der Waals surface area contributed by atoms with E-state index in [-0.39, 0.29) is 11.8 Å². The number of hydrogen-bond donors (Lipinski definition) is 2. The SMILES string of the molecule is Cc1ncc([N+](=O)[O-])n1CCSc1n[nH]c(N)n1. The van der Waals surface area contributed by atoms with E-state index < -0.39 is 4.92 Å². The number of anilines is 1. The van der Waals surface area contributed by atoms with Crippen molar-refractivity contribution in [2.24, 2.45) is 0 Å². The second-order valence-corrected chi connectivity index (χ2v) is 4.49. The third-order valence-electron chi connectivity index (χ3n) is 2.25. The van der Waals surface area contributed by atoms with E-state index in [0.29, 0.717) is 23.3 Å². The van der Waals surface area contributed by atoms with Crippen molar-refractivity contribution >= 4 is 23.5 Å². The lowest BCUT2D eigenvalue weighted by atomic mass is 10.6. The van der Waals surface area contributed by atoms with Crippen molar-refractivity contribution in [1.29, 1.82) is 0 Å². The Hall–Kier alpha value is -2.10. The third kappa shape index (κ3) is 2.59. The predicted octanol–water partition coefficient (Wildman–Crippen LogP) is 0.592. The van der Waals surface area contributed by atoms with Gasteiger partial charge in [0.1, 0.15) is 12.7 Å². The molecule has 0 aromatic carbocycles. The first kappa shape index (κ1) is 12.4. The Morgan fingerprint density at radius 3 is 3.06 bits per heavy atom. The number of H-pyrrole nitrogens is 1. The number of aromatic amines is 1. The zero-order chi connectivity index (χ0) is 13.1. The van der Waals surface area contributed by atoms with E-state index in [4.69, 9.17) is 5.73 Å². The lowest BCUT2D eigenvalue weighted by Gasteiger charge is -2.01. The van der Waals surface area contributed by atoms with E-state index in [1.54, 1.807) is 11.5 Å². The topological polar surface area (TPSA) is 129 Å². The summed E-state index contributed by atoms with van der Waals surface area (Å²) in [5.74, 6) is 1.44. The molecule has 2 heterocycles. The fourth-order valence-electron chi connectivity index (χ4n) is 1.43. The van der Waals surface area contributed by atoms with Crippen molar-refractivity contribution in [2.45, 2.75) is 18.6 Å². The third-order valence-corrected chi connectivity index (χ3v) is 3.08. The quantitative estimate of drug-likeness (QED) is 0.461. The van der Waals surface area contributed by atoms with Gasteiger partial charge in [-0.3, -0.25) is 0 Å². The zero-order valence-corrected chi connectivity index (χ0v) is 10.3. The molecule has 18 heavy (non-hydrogen) atoms. The second kappa shape index (κ2) is 5.04. The van der Waals surface area contributed by atoms with Crippen LogP contribution in [-0.4, -0.2) is 35.4 Å². The molecule has 3 N–H and O–H groups in total. The van der Waals surface area contributed by atoms with Gasteiger partial charge in [-0.15, -0.1) is 5.10 Å². The number of imidazole rings is 1. The van der Waals surface area contributed by atoms with Gasteiger partial charge in [0.15, 0.2) is 5.82 Å². The minimum atomic E-state index is -0.449. The molecular weight excluding hydrogens is 258 g/mol. The molecule has 0 aliphatic carbocycles. The monoisotopic (exact) mass is 269 g/mol. The molecule has 2 aromatic heterocycles. The summed E-state index contributed by atoms with van der Waals surface area (Å²) in [5.41, 5.74) is 5.39. The van der Waals surface area contributed by atoms with Crippen LogP contribution in [0.3, 0.4) is 0 Å². The van der Waals surface area contributed by atoms with Gasteiger partial charge in [-0.2, -0.15) is 4.98 Å². The van der Waals surface area contributed by atoms with Crippen LogP contribution in [0.4, 0.5) is 11.8 Å². The average Bonchev–Trinajstić information content (AvgIpc) is 2.87. The van der Waals surface area contributed by atoms with Gasteiger partial charge < -0.3 is 15.8 Å². The Kier molecular flexibility index (Phi) is 3.46. The number of nitrogens with two attached hydrogens (primary N) is 1. The van der Waals surface area contributed by atoms with Crippen LogP contribution in [-0.2, 0) is 6.54 Å². The van der Waals surface area contributed by atoms with Gasteiger partial charge in [-0.05, 0) is 4.92 Å². The fraction of sp³-hybridized carbons (Fsp3) is 0.375. The number of hydrogen-bond acceptors (Lipinski definition) is 7. The molecule has 0 radical (unpaired) electrons. The number of nitro groups is 1. The lowest BCUT2D eigenvalue weighted by Crippen LogP contribution is -2.06. The number of nitrogens with one attached hydrogen (secondary N) is 1. The van der Waals surface area contributed by atoms with E-state index in [9.17, 15) is 10.1 Å². The predicted molar refractivity (Wildman–Crippen MR) is 65.1 cm³/mol. The minimum Gasteiger partial charge on any atom is -0.368 e. The van der Waals surface area contributed by atoms with Gasteiger partial charge in [0.2, 0.25) is 11.1 Å². The highest BCUT2D eigenvalue weighted by molar-refractivity contribution is 7.99. The van der Waals surface area contributed by atoms with E-state index >= 15 is 0 Å². The van der Waals surface area contributed by atoms with Crippen LogP contribution < -0.4 is 5.73 Å². The first-order valence-electron chi connectivity index (χ1n) is 5.05. The molecule has 2 rings (SSSR count). The molecular formula is C8H11N7O2S. The highest BCUT2D eigenvalue weighted by Crippen LogP contribution is 2.17. The van der Waals surface area contributed by atoms with Gasteiger partial charge in [0.05, 0.1) is 0 Å². The zero-order valence-electron chi connectivity index (χ0n) is 9.53. The average molecular weight is 269 g/mol. The van der Waals surface area contributed by atoms with Crippen molar-refractivity contribution in [3.8, 4) is 0 Å². The molecule has 2 aromatic rings. The summed E-state index contributed by atoms with van der Waals surface area (Å²) < 4.78 is 1.54. The Labute approximate surface area is 106 Å². The second-order valence-electron chi connectivity index (χ2n) is 3.42. The molecule has 0 saturated carbocycles. The van der Waals surface area contributed by atoms with Crippen molar-refractivity contribution in [1.82, 2.24) is 24.7 Å². The Morgan fingerprint density at radius 1 is 1.67 bits per heavy atom. The summed E-state index contributed by atoms with van der Waals surface area (Å²) in [4.78, 5) is 18.2. The van der Waals surface area contributed by atoms with Crippen LogP contribution in [0.1, 0.15) is 5.82 Å². The Bertz CT molecular complexity index is 564. The molecule has 0 aliphatic rings. The summed E-state index contributed by atoms with van der Waals surface area (Å²) in [7, 11) is 0. The first-order valence-corrected chi connectivity index (χ1v) is 6.03. The molecule has 0 amide bonds. The Balaban J connectivity index is 1.98. The number of rotatable bonds is 5. The van der Waals surface area contributed by atoms with Crippen LogP contribution in [0.15, 0.2) is 11.4 Å². The summed E-state index contributed by atoms with van der Waals surface area (Å²) >= 11 is 1.36. The maximum absolute atomic E-state index is 10.8. The highest BCUT2D eigenvalue weighted by atomic mass is 32.2. The lowest BCUT2D eigenvalue weighted by molar-refractivity contribution is -0.392. The van der Waals surface area contributed by atoms with Crippen molar-refractivity contribution in [3.63, 3.8) is 0 Å². The summed E-state index contributed by atoms with van der Waals surface area (Å²) in [6, 6.07) is 0. The van der Waals surface area contributed by atoms with Gasteiger partial charge in [0, 0.05) is 12.7 Å². The summed E-state index contributed by atoms with van der Waals surface area (Å²) in [6.45, 7) is 2.18. The van der Waals surface area contributed by atoms with E-state index in [1.165, 1.54) is 18.0 Å². The molecule has 0 spiro atoms.